The number of rotatable bonds is 5. The zero-order chi connectivity index (χ0) is 30.0. The van der Waals surface area contributed by atoms with Gasteiger partial charge in [0.1, 0.15) is 23.0 Å². The molecule has 0 aromatic heterocycles. The molecule has 1 spiro atoms. The number of anilines is 1. The second-order valence-electron chi connectivity index (χ2n) is 11.8. The molecule has 43 heavy (non-hydrogen) atoms. The van der Waals surface area contributed by atoms with Crippen LogP contribution in [-0.2, 0) is 0 Å². The minimum Gasteiger partial charge on any atom is -0.497 e. The Labute approximate surface area is 249 Å². The first kappa shape index (κ1) is 27.0. The summed E-state index contributed by atoms with van der Waals surface area (Å²) in [4.78, 5) is 46.2. The number of nitrogens with zero attached hydrogens (tertiary/aromatic N) is 1. The molecular formula is C37H30FNO4. The van der Waals surface area contributed by atoms with Crippen molar-refractivity contribution in [1.82, 2.24) is 0 Å². The maximum absolute atomic E-state index is 14.8. The molecule has 1 fully saturated rings. The highest BCUT2D eigenvalue weighted by Crippen LogP contribution is 2.61. The third kappa shape index (κ3) is 3.79. The molecule has 7 rings (SSSR count). The maximum atomic E-state index is 14.8. The summed E-state index contributed by atoms with van der Waals surface area (Å²) >= 11 is 0. The number of methoxy groups -OCH3 is 1. The number of benzene rings is 4. The molecule has 0 bridgehead atoms. The molecule has 214 valence electrons. The molecule has 1 saturated heterocycles. The number of hydrogen-bond acceptors (Lipinski definition) is 5. The molecule has 0 N–H and O–H groups in total. The van der Waals surface area contributed by atoms with Crippen molar-refractivity contribution in [3.8, 4) is 5.75 Å². The predicted octanol–water partition coefficient (Wildman–Crippen LogP) is 7.27. The molecule has 0 saturated carbocycles. The van der Waals surface area contributed by atoms with Gasteiger partial charge < -0.3 is 9.64 Å². The van der Waals surface area contributed by atoms with Crippen LogP contribution in [0.1, 0.15) is 73.4 Å². The van der Waals surface area contributed by atoms with Crippen LogP contribution in [0.15, 0.2) is 97.1 Å². The van der Waals surface area contributed by atoms with Gasteiger partial charge >= 0.3 is 0 Å². The topological polar surface area (TPSA) is 63.7 Å². The molecule has 4 aromatic carbocycles. The Kier molecular flexibility index (Phi) is 6.20. The number of fused-ring (bicyclic) bond motifs is 5. The van der Waals surface area contributed by atoms with E-state index in [1.54, 1.807) is 66.7 Å². The SMILES string of the molecule is COc1cccc(C(=O)[C@H]2[C@H](c3ccc(C(C)C)cc3)C3(C(=O)c4ccccc4C3=O)C3C=Cc4cc(F)ccc4N32)c1. The van der Waals surface area contributed by atoms with E-state index in [2.05, 4.69) is 13.8 Å². The molecule has 1 aliphatic carbocycles. The molecular weight excluding hydrogens is 541 g/mol. The van der Waals surface area contributed by atoms with Crippen LogP contribution >= 0.6 is 0 Å². The van der Waals surface area contributed by atoms with Crippen molar-refractivity contribution < 1.29 is 23.5 Å². The number of Topliss-reactive ketones (excluding diaryl/α,β-unsaturated/α-hetero) is 3. The van der Waals surface area contributed by atoms with Crippen LogP contribution in [0.25, 0.3) is 6.08 Å². The lowest BCUT2D eigenvalue weighted by atomic mass is 9.64. The highest BCUT2D eigenvalue weighted by atomic mass is 19.1. The largest absolute Gasteiger partial charge is 0.497 e. The van der Waals surface area contributed by atoms with Crippen LogP contribution in [0.2, 0.25) is 0 Å². The van der Waals surface area contributed by atoms with Gasteiger partial charge in [-0.2, -0.15) is 0 Å². The predicted molar refractivity (Wildman–Crippen MR) is 164 cm³/mol. The lowest BCUT2D eigenvalue weighted by Crippen LogP contribution is -2.48. The molecule has 2 heterocycles. The first-order chi connectivity index (χ1) is 20.8. The fourth-order valence-corrected chi connectivity index (χ4v) is 7.36. The highest BCUT2D eigenvalue weighted by Gasteiger charge is 2.71. The van der Waals surface area contributed by atoms with Gasteiger partial charge in [-0.15, -0.1) is 0 Å². The zero-order valence-electron chi connectivity index (χ0n) is 24.1. The molecule has 1 unspecified atom stereocenters. The minimum absolute atomic E-state index is 0.249. The van der Waals surface area contributed by atoms with E-state index in [-0.39, 0.29) is 23.3 Å². The van der Waals surface area contributed by atoms with E-state index in [0.717, 1.165) is 11.1 Å². The van der Waals surface area contributed by atoms with Gasteiger partial charge in [-0.25, -0.2) is 4.39 Å². The Morgan fingerprint density at radius 1 is 0.884 bits per heavy atom. The smallest absolute Gasteiger partial charge is 0.186 e. The summed E-state index contributed by atoms with van der Waals surface area (Å²) in [6, 6.07) is 24.4. The second kappa shape index (κ2) is 9.87. The summed E-state index contributed by atoms with van der Waals surface area (Å²) in [5.74, 6) is -1.28. The van der Waals surface area contributed by atoms with E-state index in [9.17, 15) is 18.8 Å². The van der Waals surface area contributed by atoms with Crippen molar-refractivity contribution in [3.63, 3.8) is 0 Å². The van der Waals surface area contributed by atoms with E-state index in [0.29, 0.717) is 33.7 Å². The number of carbonyl (C=O) groups is 3. The van der Waals surface area contributed by atoms with Crippen LogP contribution in [0.5, 0.6) is 5.75 Å². The van der Waals surface area contributed by atoms with E-state index < -0.39 is 29.2 Å². The lowest BCUT2D eigenvalue weighted by Gasteiger charge is -2.37. The number of ether oxygens (including phenoxy) is 1. The van der Waals surface area contributed by atoms with Gasteiger partial charge in [-0.3, -0.25) is 14.4 Å². The molecule has 2 aliphatic heterocycles. The van der Waals surface area contributed by atoms with E-state index in [4.69, 9.17) is 4.74 Å². The summed E-state index contributed by atoms with van der Waals surface area (Å²) in [5, 5.41) is 0. The Morgan fingerprint density at radius 2 is 1.58 bits per heavy atom. The Balaban J connectivity index is 1.53. The van der Waals surface area contributed by atoms with Crippen LogP contribution in [0, 0.1) is 11.2 Å². The third-order valence-electron chi connectivity index (χ3n) is 9.35. The van der Waals surface area contributed by atoms with Crippen LogP contribution in [-0.4, -0.2) is 36.5 Å². The standard InChI is InChI=1S/C37H30FNO4/c1-21(2)22-11-13-23(14-12-22)32-33(34(40)25-7-6-8-27(20-25)43-3)39-30-17-16-26(38)19-24(30)15-18-31(39)37(32)35(41)28-9-4-5-10-29(28)36(37)42/h4-21,31-33H,1-3H3/t31?,32-,33+/m0/s1. The Bertz CT molecular complexity index is 1800. The van der Waals surface area contributed by atoms with Gasteiger partial charge in [0.2, 0.25) is 0 Å². The quantitative estimate of drug-likeness (QED) is 0.186. The number of halogens is 1. The van der Waals surface area contributed by atoms with Gasteiger partial charge in [0.05, 0.1) is 13.2 Å². The molecule has 4 aromatic rings. The van der Waals surface area contributed by atoms with Crippen molar-refractivity contribution in [1.29, 1.82) is 0 Å². The van der Waals surface area contributed by atoms with Crippen molar-refractivity contribution >= 4 is 29.1 Å². The summed E-state index contributed by atoms with van der Waals surface area (Å²) in [6.45, 7) is 4.20. The first-order valence-electron chi connectivity index (χ1n) is 14.5. The average Bonchev–Trinajstić information content (AvgIpc) is 3.46. The Morgan fingerprint density at radius 3 is 2.23 bits per heavy atom. The molecule has 6 heteroatoms. The van der Waals surface area contributed by atoms with Crippen molar-refractivity contribution in [2.24, 2.45) is 5.41 Å². The third-order valence-corrected chi connectivity index (χ3v) is 9.35. The fraction of sp³-hybridized carbons (Fsp3) is 0.216. The van der Waals surface area contributed by atoms with Gasteiger partial charge in [-0.1, -0.05) is 86.7 Å². The summed E-state index contributed by atoms with van der Waals surface area (Å²) in [5.41, 5.74) is 2.55. The number of hydrogen-bond donors (Lipinski definition) is 0. The monoisotopic (exact) mass is 571 g/mol. The minimum atomic E-state index is -1.61. The van der Waals surface area contributed by atoms with E-state index in [1.165, 1.54) is 19.2 Å². The molecule has 0 radical (unpaired) electrons. The molecule has 3 atom stereocenters. The number of carbonyl (C=O) groups excluding carboxylic acids is 3. The van der Waals surface area contributed by atoms with Gasteiger partial charge in [-0.05, 0) is 47.4 Å². The maximum Gasteiger partial charge on any atom is 0.186 e. The fourth-order valence-electron chi connectivity index (χ4n) is 7.36. The number of ketones is 3. The molecule has 3 aliphatic rings. The first-order valence-corrected chi connectivity index (χ1v) is 14.5. The summed E-state index contributed by atoms with van der Waals surface area (Å²) < 4.78 is 19.9. The van der Waals surface area contributed by atoms with E-state index >= 15 is 0 Å². The summed E-state index contributed by atoms with van der Waals surface area (Å²) in [6.07, 6.45) is 3.57. The normalized spacial score (nSPS) is 21.2. The van der Waals surface area contributed by atoms with Gasteiger partial charge in [0.15, 0.2) is 17.3 Å². The Hall–Kier alpha value is -4.84. The van der Waals surface area contributed by atoms with Crippen LogP contribution in [0.4, 0.5) is 10.1 Å². The lowest BCUT2D eigenvalue weighted by molar-refractivity contribution is 0.0666. The van der Waals surface area contributed by atoms with Crippen LogP contribution in [0.3, 0.4) is 0 Å². The van der Waals surface area contributed by atoms with Gasteiger partial charge in [0.25, 0.3) is 0 Å². The van der Waals surface area contributed by atoms with Crippen molar-refractivity contribution in [3.05, 3.63) is 136 Å². The molecule has 5 nitrogen and oxygen atoms in total. The molecule has 0 amide bonds. The zero-order valence-corrected chi connectivity index (χ0v) is 24.1. The van der Waals surface area contributed by atoms with E-state index in [1.807, 2.05) is 29.2 Å². The van der Waals surface area contributed by atoms with Gasteiger partial charge in [0, 0.05) is 33.9 Å². The second-order valence-corrected chi connectivity index (χ2v) is 11.8. The highest BCUT2D eigenvalue weighted by molar-refractivity contribution is 6.32. The average molecular weight is 572 g/mol. The van der Waals surface area contributed by atoms with Crippen molar-refractivity contribution in [2.45, 2.75) is 37.8 Å². The van der Waals surface area contributed by atoms with Crippen molar-refractivity contribution in [2.75, 3.05) is 12.0 Å². The van der Waals surface area contributed by atoms with Crippen LogP contribution < -0.4 is 9.64 Å². The summed E-state index contributed by atoms with van der Waals surface area (Å²) in [7, 11) is 1.54.